The van der Waals surface area contributed by atoms with Crippen molar-refractivity contribution < 1.29 is 14.3 Å². The van der Waals surface area contributed by atoms with Crippen molar-refractivity contribution in [2.75, 3.05) is 14.2 Å². The molecule has 0 N–H and O–H groups in total. The summed E-state index contributed by atoms with van der Waals surface area (Å²) in [7, 11) is 3.15. The van der Waals surface area contributed by atoms with Crippen molar-refractivity contribution in [3.05, 3.63) is 47.7 Å². The number of ether oxygens (including phenoxy) is 2. The van der Waals surface area contributed by atoms with Gasteiger partial charge in [0, 0.05) is 16.8 Å². The smallest absolute Gasteiger partial charge is 0.355 e. The number of aromatic nitrogens is 3. The van der Waals surface area contributed by atoms with Crippen molar-refractivity contribution in [2.45, 2.75) is 0 Å². The summed E-state index contributed by atoms with van der Waals surface area (Å²) >= 11 is 0. The molecule has 0 radical (unpaired) electrons. The molecule has 0 saturated carbocycles. The molecule has 4 aromatic rings. The van der Waals surface area contributed by atoms with Crippen LogP contribution in [0.15, 0.2) is 42.5 Å². The lowest BCUT2D eigenvalue weighted by Gasteiger charge is -2.09. The lowest BCUT2D eigenvalue weighted by Crippen LogP contribution is -2.32. The Morgan fingerprint density at radius 1 is 0.913 bits per heavy atom. The molecular formula is C17H13N3O3. The Labute approximate surface area is 131 Å². The number of fused-ring (bicyclic) bond motifs is 4. The second-order valence-corrected chi connectivity index (χ2v) is 5.15. The van der Waals surface area contributed by atoms with Crippen LogP contribution in [0.2, 0.25) is 0 Å². The molecule has 114 valence electrons. The van der Waals surface area contributed by atoms with E-state index in [4.69, 9.17) is 9.47 Å². The van der Waals surface area contributed by atoms with Gasteiger partial charge in [-0.2, -0.15) is 0 Å². The SMILES string of the molecule is COc1cc2cc3c4ccccc4n[n+]([O-])c3nc2cc1OC. The molecule has 0 bridgehead atoms. The van der Waals surface area contributed by atoms with E-state index in [9.17, 15) is 5.21 Å². The topological polar surface area (TPSA) is 71.2 Å². The highest BCUT2D eigenvalue weighted by atomic mass is 16.5. The van der Waals surface area contributed by atoms with Crippen molar-refractivity contribution in [2.24, 2.45) is 0 Å². The summed E-state index contributed by atoms with van der Waals surface area (Å²) in [6.07, 6.45) is 0. The monoisotopic (exact) mass is 307 g/mol. The third-order valence-corrected chi connectivity index (χ3v) is 3.87. The molecule has 0 aliphatic carbocycles. The van der Waals surface area contributed by atoms with Gasteiger partial charge in [0.2, 0.25) is 0 Å². The summed E-state index contributed by atoms with van der Waals surface area (Å²) < 4.78 is 10.6. The molecule has 0 unspecified atom stereocenters. The summed E-state index contributed by atoms with van der Waals surface area (Å²) in [5, 5.41) is 18.7. The van der Waals surface area contributed by atoms with E-state index in [2.05, 4.69) is 10.1 Å². The van der Waals surface area contributed by atoms with Crippen molar-refractivity contribution in [1.82, 2.24) is 10.1 Å². The minimum absolute atomic E-state index is 0.281. The third kappa shape index (κ3) is 1.99. The third-order valence-electron chi connectivity index (χ3n) is 3.87. The molecule has 6 heteroatoms. The van der Waals surface area contributed by atoms with E-state index < -0.39 is 0 Å². The van der Waals surface area contributed by atoms with Gasteiger partial charge in [0.25, 0.3) is 0 Å². The molecule has 0 fully saturated rings. The van der Waals surface area contributed by atoms with Crippen LogP contribution < -0.4 is 14.3 Å². The highest BCUT2D eigenvalue weighted by Gasteiger charge is 2.17. The number of hydrogen-bond donors (Lipinski definition) is 0. The Morgan fingerprint density at radius 2 is 1.65 bits per heavy atom. The molecule has 0 atom stereocenters. The van der Waals surface area contributed by atoms with Gasteiger partial charge in [0.1, 0.15) is 5.52 Å². The van der Waals surface area contributed by atoms with E-state index in [0.29, 0.717) is 27.4 Å². The predicted molar refractivity (Wildman–Crippen MR) is 86.6 cm³/mol. The van der Waals surface area contributed by atoms with Gasteiger partial charge in [-0.3, -0.25) is 0 Å². The Bertz CT molecular complexity index is 1060. The van der Waals surface area contributed by atoms with Crippen LogP contribution in [0.3, 0.4) is 0 Å². The van der Waals surface area contributed by atoms with Crippen LogP contribution in [0.4, 0.5) is 0 Å². The molecule has 0 aliphatic heterocycles. The van der Waals surface area contributed by atoms with Crippen molar-refractivity contribution >= 4 is 32.8 Å². The van der Waals surface area contributed by atoms with Gasteiger partial charge in [0.05, 0.1) is 19.6 Å². The number of hydrogen-bond acceptors (Lipinski definition) is 5. The Morgan fingerprint density at radius 3 is 2.43 bits per heavy atom. The van der Waals surface area contributed by atoms with Gasteiger partial charge < -0.3 is 14.7 Å². The summed E-state index contributed by atoms with van der Waals surface area (Å²) in [5.74, 6) is 1.19. The molecule has 2 heterocycles. The maximum Gasteiger partial charge on any atom is 0.355 e. The minimum Gasteiger partial charge on any atom is -0.690 e. The molecule has 6 nitrogen and oxygen atoms in total. The average molecular weight is 307 g/mol. The number of pyridine rings is 1. The van der Waals surface area contributed by atoms with E-state index in [1.807, 2.05) is 36.4 Å². The first-order valence-electron chi connectivity index (χ1n) is 7.06. The maximum absolute atomic E-state index is 12.2. The maximum atomic E-state index is 12.2. The lowest BCUT2D eigenvalue weighted by atomic mass is 10.1. The van der Waals surface area contributed by atoms with Crippen LogP contribution in [0.1, 0.15) is 0 Å². The van der Waals surface area contributed by atoms with Crippen molar-refractivity contribution in [3.63, 3.8) is 0 Å². The molecule has 0 amide bonds. The summed E-state index contributed by atoms with van der Waals surface area (Å²) in [6.45, 7) is 0. The summed E-state index contributed by atoms with van der Waals surface area (Å²) in [5.41, 5.74) is 1.57. The molecule has 4 rings (SSSR count). The first-order valence-corrected chi connectivity index (χ1v) is 7.06. The van der Waals surface area contributed by atoms with Gasteiger partial charge in [-0.05, 0) is 23.2 Å². The van der Waals surface area contributed by atoms with Gasteiger partial charge in [-0.15, -0.1) is 4.85 Å². The number of benzene rings is 2. The van der Waals surface area contributed by atoms with Gasteiger partial charge >= 0.3 is 5.65 Å². The van der Waals surface area contributed by atoms with E-state index in [1.54, 1.807) is 20.3 Å². The van der Waals surface area contributed by atoms with Crippen LogP contribution in [0, 0.1) is 5.21 Å². The van der Waals surface area contributed by atoms with Gasteiger partial charge in [0.15, 0.2) is 17.0 Å². The van der Waals surface area contributed by atoms with Gasteiger partial charge in [-0.25, -0.2) is 0 Å². The lowest BCUT2D eigenvalue weighted by molar-refractivity contribution is -0.641. The fourth-order valence-electron chi connectivity index (χ4n) is 2.77. The first-order chi connectivity index (χ1) is 11.2. The molecule has 23 heavy (non-hydrogen) atoms. The predicted octanol–water partition coefficient (Wildman–Crippen LogP) is 2.59. The molecule has 0 spiro atoms. The Kier molecular flexibility index (Phi) is 2.90. The molecule has 0 aliphatic rings. The highest BCUT2D eigenvalue weighted by Crippen LogP contribution is 2.33. The van der Waals surface area contributed by atoms with Gasteiger partial charge in [-0.1, -0.05) is 23.3 Å². The zero-order valence-corrected chi connectivity index (χ0v) is 12.6. The normalized spacial score (nSPS) is 11.2. The molecule has 2 aromatic heterocycles. The summed E-state index contributed by atoms with van der Waals surface area (Å²) in [4.78, 5) is 5.03. The minimum atomic E-state index is 0.281. The van der Waals surface area contributed by atoms with E-state index in [0.717, 1.165) is 16.2 Å². The van der Waals surface area contributed by atoms with Crippen LogP contribution in [-0.4, -0.2) is 24.3 Å². The second kappa shape index (κ2) is 4.95. The van der Waals surface area contributed by atoms with Crippen LogP contribution in [0.5, 0.6) is 11.5 Å². The number of methoxy groups -OCH3 is 2. The Hall–Kier alpha value is -3.15. The molecular weight excluding hydrogens is 294 g/mol. The molecule has 2 aromatic carbocycles. The van der Waals surface area contributed by atoms with E-state index >= 15 is 0 Å². The quantitative estimate of drug-likeness (QED) is 0.246. The number of nitrogens with zero attached hydrogens (tertiary/aromatic N) is 3. The zero-order valence-electron chi connectivity index (χ0n) is 12.6. The van der Waals surface area contributed by atoms with E-state index in [-0.39, 0.29) is 5.65 Å². The zero-order chi connectivity index (χ0) is 16.0. The average Bonchev–Trinajstić information content (AvgIpc) is 2.59. The standard InChI is InChI=1S/C17H13N3O3/c1-22-15-8-10-7-12-11-5-3-4-6-13(11)19-20(21)17(12)18-14(10)9-16(15)23-2/h3-9H,1-2H3. The van der Waals surface area contributed by atoms with Crippen molar-refractivity contribution in [3.8, 4) is 11.5 Å². The summed E-state index contributed by atoms with van der Waals surface area (Å²) in [6, 6.07) is 13.0. The highest BCUT2D eigenvalue weighted by molar-refractivity contribution is 6.05. The van der Waals surface area contributed by atoms with Crippen molar-refractivity contribution in [1.29, 1.82) is 0 Å². The fraction of sp³-hybridized carbons (Fsp3) is 0.118. The van der Waals surface area contributed by atoms with Crippen LogP contribution >= 0.6 is 0 Å². The van der Waals surface area contributed by atoms with Crippen LogP contribution in [0.25, 0.3) is 32.8 Å². The first kappa shape index (κ1) is 13.5. The fourth-order valence-corrected chi connectivity index (χ4v) is 2.77. The van der Waals surface area contributed by atoms with E-state index in [1.165, 1.54) is 0 Å². The largest absolute Gasteiger partial charge is 0.690 e. The van der Waals surface area contributed by atoms with Crippen LogP contribution in [-0.2, 0) is 0 Å². The second-order valence-electron chi connectivity index (χ2n) is 5.15. The molecule has 0 saturated heterocycles. The Balaban J connectivity index is 2.16. The number of rotatable bonds is 2.